The van der Waals surface area contributed by atoms with Gasteiger partial charge in [0.15, 0.2) is 6.29 Å². The third kappa shape index (κ3) is 17.7. The van der Waals surface area contributed by atoms with E-state index in [2.05, 4.69) is 4.74 Å². The molecule has 0 aliphatic carbocycles. The van der Waals surface area contributed by atoms with Gasteiger partial charge in [0.1, 0.15) is 0 Å². The van der Waals surface area contributed by atoms with E-state index in [0.717, 1.165) is 26.1 Å². The van der Waals surface area contributed by atoms with Crippen molar-refractivity contribution in [1.29, 1.82) is 0 Å². The van der Waals surface area contributed by atoms with Crippen molar-refractivity contribution in [2.75, 3.05) is 19.8 Å². The van der Waals surface area contributed by atoms with E-state index < -0.39 is 5.97 Å². The summed E-state index contributed by atoms with van der Waals surface area (Å²) >= 11 is 0. The van der Waals surface area contributed by atoms with Crippen molar-refractivity contribution in [2.24, 2.45) is 0 Å². The second-order valence-corrected chi connectivity index (χ2v) is 3.12. The van der Waals surface area contributed by atoms with E-state index in [4.69, 9.17) is 9.47 Å². The van der Waals surface area contributed by atoms with E-state index >= 15 is 0 Å². The molecule has 5 heteroatoms. The van der Waals surface area contributed by atoms with Crippen molar-refractivity contribution < 1.29 is 23.8 Å². The lowest BCUT2D eigenvalue weighted by atomic mass is 10.4. The van der Waals surface area contributed by atoms with Crippen LogP contribution in [-0.2, 0) is 23.8 Å². The largest absolute Gasteiger partial charge is 0.460 e. The Labute approximate surface area is 103 Å². The van der Waals surface area contributed by atoms with Gasteiger partial charge in [-0.2, -0.15) is 0 Å². The predicted molar refractivity (Wildman–Crippen MR) is 64.6 cm³/mol. The van der Waals surface area contributed by atoms with Gasteiger partial charge in [0, 0.05) is 13.2 Å². The molecule has 0 unspecified atom stereocenters. The van der Waals surface area contributed by atoms with Crippen LogP contribution in [0.5, 0.6) is 0 Å². The number of hydrogen-bond acceptors (Lipinski definition) is 5. The normalized spacial score (nSPS) is 9.47. The first kappa shape index (κ1) is 18.4. The van der Waals surface area contributed by atoms with Crippen molar-refractivity contribution in [3.63, 3.8) is 0 Å². The fraction of sp³-hybridized carbons (Fsp3) is 0.833. The smallest absolute Gasteiger partial charge is 0.371 e. The molecule has 0 amide bonds. The molecule has 0 saturated heterocycles. The molecule has 0 fully saturated rings. The maximum absolute atomic E-state index is 10.1. The number of esters is 1. The zero-order valence-electron chi connectivity index (χ0n) is 11.2. The summed E-state index contributed by atoms with van der Waals surface area (Å²) in [5.41, 5.74) is 0. The lowest BCUT2D eigenvalue weighted by Crippen LogP contribution is -2.11. The SMILES string of the molecule is CCCCOC(=O)C=O.CCOC(C)OCC. The quantitative estimate of drug-likeness (QED) is 0.216. The molecule has 17 heavy (non-hydrogen) atoms. The van der Waals surface area contributed by atoms with Gasteiger partial charge in [0.2, 0.25) is 6.29 Å². The molecule has 102 valence electrons. The van der Waals surface area contributed by atoms with E-state index in [9.17, 15) is 9.59 Å². The Balaban J connectivity index is 0. The Hall–Kier alpha value is -0.940. The molecule has 0 aromatic rings. The van der Waals surface area contributed by atoms with Gasteiger partial charge in [-0.3, -0.25) is 4.79 Å². The van der Waals surface area contributed by atoms with Crippen LogP contribution in [0.25, 0.3) is 0 Å². The van der Waals surface area contributed by atoms with E-state index in [1.807, 2.05) is 27.7 Å². The minimum Gasteiger partial charge on any atom is -0.460 e. The van der Waals surface area contributed by atoms with Gasteiger partial charge in [0.25, 0.3) is 0 Å². The van der Waals surface area contributed by atoms with Gasteiger partial charge in [-0.05, 0) is 27.2 Å². The van der Waals surface area contributed by atoms with E-state index in [0.29, 0.717) is 6.61 Å². The monoisotopic (exact) mass is 248 g/mol. The van der Waals surface area contributed by atoms with Crippen LogP contribution in [0.1, 0.15) is 40.5 Å². The molecule has 5 nitrogen and oxygen atoms in total. The van der Waals surface area contributed by atoms with Crippen LogP contribution in [0.15, 0.2) is 0 Å². The summed E-state index contributed by atoms with van der Waals surface area (Å²) < 4.78 is 14.5. The molecule has 0 heterocycles. The van der Waals surface area contributed by atoms with Crippen molar-refractivity contribution in [3.05, 3.63) is 0 Å². The Kier molecular flexibility index (Phi) is 16.3. The number of hydrogen-bond donors (Lipinski definition) is 0. The summed E-state index contributed by atoms with van der Waals surface area (Å²) in [4.78, 5) is 19.7. The molecule has 0 saturated carbocycles. The summed E-state index contributed by atoms with van der Waals surface area (Å²) in [6.07, 6.45) is 1.92. The van der Waals surface area contributed by atoms with Crippen LogP contribution in [0.4, 0.5) is 0 Å². The molecule has 0 spiro atoms. The number of ether oxygens (including phenoxy) is 3. The first-order valence-electron chi connectivity index (χ1n) is 5.97. The number of rotatable bonds is 8. The maximum Gasteiger partial charge on any atom is 0.371 e. The molecule has 0 N–H and O–H groups in total. The molecule has 0 aromatic carbocycles. The van der Waals surface area contributed by atoms with Crippen LogP contribution in [0.2, 0.25) is 0 Å². The van der Waals surface area contributed by atoms with Gasteiger partial charge in [-0.1, -0.05) is 13.3 Å². The minimum absolute atomic E-state index is 0.0370. The lowest BCUT2D eigenvalue weighted by Gasteiger charge is -2.09. The summed E-state index contributed by atoms with van der Waals surface area (Å²) in [7, 11) is 0. The van der Waals surface area contributed by atoms with E-state index in [-0.39, 0.29) is 12.6 Å². The second-order valence-electron chi connectivity index (χ2n) is 3.12. The molecule has 0 radical (unpaired) electrons. The fourth-order valence-corrected chi connectivity index (χ4v) is 0.869. The maximum atomic E-state index is 10.1. The van der Waals surface area contributed by atoms with Crippen molar-refractivity contribution in [3.8, 4) is 0 Å². The highest BCUT2D eigenvalue weighted by Gasteiger charge is 1.95. The van der Waals surface area contributed by atoms with Crippen molar-refractivity contribution in [1.82, 2.24) is 0 Å². The minimum atomic E-state index is -0.775. The third-order valence-electron chi connectivity index (χ3n) is 1.64. The first-order valence-corrected chi connectivity index (χ1v) is 5.97. The van der Waals surface area contributed by atoms with Gasteiger partial charge in [-0.15, -0.1) is 0 Å². The van der Waals surface area contributed by atoms with Crippen LogP contribution in [0.3, 0.4) is 0 Å². The molecule has 0 bridgehead atoms. The average Bonchev–Trinajstić information content (AvgIpc) is 2.30. The molecule has 0 aromatic heterocycles. The van der Waals surface area contributed by atoms with Crippen LogP contribution in [0, 0.1) is 0 Å². The summed E-state index contributed by atoms with van der Waals surface area (Å²) in [6, 6.07) is 0. The Morgan fingerprint density at radius 2 is 1.71 bits per heavy atom. The van der Waals surface area contributed by atoms with Crippen LogP contribution < -0.4 is 0 Å². The zero-order chi connectivity index (χ0) is 13.5. The van der Waals surface area contributed by atoms with Gasteiger partial charge < -0.3 is 14.2 Å². The molecular formula is C12H24O5. The molecular weight excluding hydrogens is 224 g/mol. The fourth-order valence-electron chi connectivity index (χ4n) is 0.869. The summed E-state index contributed by atoms with van der Waals surface area (Å²) in [6.45, 7) is 9.59. The van der Waals surface area contributed by atoms with Crippen molar-refractivity contribution in [2.45, 2.75) is 46.8 Å². The number of aldehydes is 1. The standard InChI is InChI=1S/C6H10O3.C6H14O2/c1-2-3-4-9-6(8)5-7;1-4-7-6(3)8-5-2/h5H,2-4H2,1H3;6H,4-5H2,1-3H3. The Morgan fingerprint density at radius 1 is 1.18 bits per heavy atom. The lowest BCUT2D eigenvalue weighted by molar-refractivity contribution is -0.148. The average molecular weight is 248 g/mol. The Bertz CT molecular complexity index is 176. The summed E-state index contributed by atoms with van der Waals surface area (Å²) in [5, 5.41) is 0. The topological polar surface area (TPSA) is 61.8 Å². The summed E-state index contributed by atoms with van der Waals surface area (Å²) in [5.74, 6) is -0.775. The third-order valence-corrected chi connectivity index (χ3v) is 1.64. The molecule has 0 atom stereocenters. The zero-order valence-corrected chi connectivity index (χ0v) is 11.2. The first-order chi connectivity index (χ1) is 8.12. The number of carbonyl (C=O) groups is 2. The van der Waals surface area contributed by atoms with Crippen molar-refractivity contribution >= 4 is 12.3 Å². The molecule has 0 aliphatic heterocycles. The highest BCUT2D eigenvalue weighted by molar-refractivity contribution is 6.20. The van der Waals surface area contributed by atoms with E-state index in [1.54, 1.807) is 0 Å². The van der Waals surface area contributed by atoms with Gasteiger partial charge >= 0.3 is 5.97 Å². The second kappa shape index (κ2) is 15.1. The molecule has 0 aliphatic rings. The number of carbonyl (C=O) groups excluding carboxylic acids is 2. The highest BCUT2D eigenvalue weighted by atomic mass is 16.7. The predicted octanol–water partition coefficient (Wildman–Crippen LogP) is 1.93. The van der Waals surface area contributed by atoms with Gasteiger partial charge in [0.05, 0.1) is 6.61 Å². The Morgan fingerprint density at radius 3 is 2.06 bits per heavy atom. The van der Waals surface area contributed by atoms with Crippen LogP contribution >= 0.6 is 0 Å². The number of unbranched alkanes of at least 4 members (excludes halogenated alkanes) is 1. The van der Waals surface area contributed by atoms with E-state index in [1.165, 1.54) is 0 Å². The van der Waals surface area contributed by atoms with Gasteiger partial charge in [-0.25, -0.2) is 4.79 Å². The molecule has 0 rings (SSSR count). The highest BCUT2D eigenvalue weighted by Crippen LogP contribution is 1.90. The van der Waals surface area contributed by atoms with Crippen LogP contribution in [-0.4, -0.2) is 38.4 Å².